The molecule has 4 unspecified atom stereocenters. The van der Waals surface area contributed by atoms with Crippen LogP contribution >= 0.6 is 0 Å². The average molecular weight is 665 g/mol. The Morgan fingerprint density at radius 3 is 1.75 bits per heavy atom. The van der Waals surface area contributed by atoms with Crippen LogP contribution in [0.1, 0.15) is 111 Å². The lowest BCUT2D eigenvalue weighted by Crippen LogP contribution is -2.59. The van der Waals surface area contributed by atoms with Gasteiger partial charge < -0.3 is 28.1 Å². The summed E-state index contributed by atoms with van der Waals surface area (Å²) in [5, 5.41) is 0.582. The molecule has 6 atom stereocenters. The monoisotopic (exact) mass is 664 g/mol. The van der Waals surface area contributed by atoms with E-state index in [1.807, 2.05) is 41.5 Å². The number of ether oxygens (including phenoxy) is 5. The minimum atomic E-state index is -1.59. The summed E-state index contributed by atoms with van der Waals surface area (Å²) in [6, 6.07) is 4.87. The molecule has 258 valence electrons. The third-order valence-corrected chi connectivity index (χ3v) is 14.0. The van der Waals surface area contributed by atoms with Gasteiger partial charge in [-0.1, -0.05) is 41.5 Å². The summed E-state index contributed by atoms with van der Waals surface area (Å²) in [5.74, 6) is -2.17. The van der Waals surface area contributed by atoms with Gasteiger partial charge in [-0.05, 0) is 77.0 Å². The minimum Gasteiger partial charge on any atom is -0.483 e. The van der Waals surface area contributed by atoms with Gasteiger partial charge in [0.15, 0.2) is 12.2 Å². The number of hydrogen-bond donors (Lipinski definition) is 0. The van der Waals surface area contributed by atoms with Gasteiger partial charge in [0.1, 0.15) is 16.9 Å². The molecule has 4 fully saturated rings. The third kappa shape index (κ3) is 3.52. The zero-order valence-electron chi connectivity index (χ0n) is 29.1. The van der Waals surface area contributed by atoms with Gasteiger partial charge in [-0.15, -0.1) is 0 Å². The molecule has 2 aromatic rings. The Bertz CT molecular complexity index is 1870. The molecule has 1 aromatic carbocycles. The van der Waals surface area contributed by atoms with Crippen molar-refractivity contribution in [3.63, 3.8) is 0 Å². The lowest BCUT2D eigenvalue weighted by Gasteiger charge is -2.48. The lowest BCUT2D eigenvalue weighted by atomic mass is 9.66. The molecule has 5 aliphatic rings. The molecule has 2 saturated carbocycles. The summed E-state index contributed by atoms with van der Waals surface area (Å²) in [7, 11) is 0. The first-order valence-corrected chi connectivity index (χ1v) is 17.0. The Labute approximate surface area is 278 Å². The van der Waals surface area contributed by atoms with E-state index in [0.29, 0.717) is 42.4 Å². The highest BCUT2D eigenvalue weighted by molar-refractivity contribution is 5.95. The maximum atomic E-state index is 14.6. The van der Waals surface area contributed by atoms with Crippen LogP contribution in [0.4, 0.5) is 0 Å². The highest BCUT2D eigenvalue weighted by Crippen LogP contribution is 2.68. The Hall–Kier alpha value is -3.89. The Kier molecular flexibility index (Phi) is 6.55. The molecule has 3 aliphatic heterocycles. The number of benzene rings is 1. The molecule has 48 heavy (non-hydrogen) atoms. The lowest BCUT2D eigenvalue weighted by molar-refractivity contribution is -0.222. The number of esters is 4. The van der Waals surface area contributed by atoms with Gasteiger partial charge in [0.2, 0.25) is 11.2 Å². The second-order valence-corrected chi connectivity index (χ2v) is 16.0. The maximum absolute atomic E-state index is 14.6. The number of carbonyl (C=O) groups excluding carboxylic acids is 4. The summed E-state index contributed by atoms with van der Waals surface area (Å²) < 4.78 is 37.3. The summed E-state index contributed by atoms with van der Waals surface area (Å²) in [4.78, 5) is 68.2. The van der Waals surface area contributed by atoms with Crippen LogP contribution in [-0.2, 0) is 38.1 Å². The number of fused-ring (bicyclic) bond motifs is 7. The molecule has 7 rings (SSSR count). The molecule has 11 heteroatoms. The van der Waals surface area contributed by atoms with Crippen molar-refractivity contribution >= 4 is 34.8 Å². The van der Waals surface area contributed by atoms with Crippen molar-refractivity contribution in [1.29, 1.82) is 0 Å². The molecule has 1 aromatic heterocycles. The molecule has 0 amide bonds. The fraction of sp³-hybridized carbons (Fsp3) is 0.649. The molecule has 4 bridgehead atoms. The summed E-state index contributed by atoms with van der Waals surface area (Å²) in [6.07, 6.45) is -0.547. The van der Waals surface area contributed by atoms with Gasteiger partial charge in [-0.3, -0.25) is 9.59 Å². The van der Waals surface area contributed by atoms with E-state index in [-0.39, 0.29) is 24.0 Å². The van der Waals surface area contributed by atoms with Gasteiger partial charge in [-0.2, -0.15) is 0 Å². The molecule has 2 saturated heterocycles. The SMILES string of the molecule is CCC1(CC)Oc2ccc3c(C)cc(=O)oc3c2[C@@H](OC(=O)C23CCC(C)(C(=O)O2)C3(C)C)[C@H]1OC(=O)C12CCC(C)(C(=O)O1)C2(C)C. The van der Waals surface area contributed by atoms with Crippen LogP contribution in [0.3, 0.4) is 0 Å². The van der Waals surface area contributed by atoms with Crippen LogP contribution < -0.4 is 10.4 Å². The van der Waals surface area contributed by atoms with Crippen molar-refractivity contribution < 1.29 is 47.3 Å². The molecular formula is C37H44O11. The van der Waals surface area contributed by atoms with E-state index < -0.39 is 80.2 Å². The summed E-state index contributed by atoms with van der Waals surface area (Å²) in [6.45, 7) is 16.5. The standard InChI is InChI=1S/C37H44O11/c1-10-35(11-2)26(45-30(42)37-17-15-34(9,28(40)48-37)32(37,6)7)25(23-21(46-35)13-12-20-19(3)18-22(38)43-24(20)23)44-29(41)36-16-14-33(8,27(39)47-36)31(36,4)5/h12-13,18,25-26H,10-11,14-17H2,1-9H3/t25-,26-,33?,34?,36?,37?/m1/s1. The van der Waals surface area contributed by atoms with Gasteiger partial charge in [0.25, 0.3) is 0 Å². The molecule has 2 aliphatic carbocycles. The molecule has 4 heterocycles. The van der Waals surface area contributed by atoms with Crippen LogP contribution in [0.2, 0.25) is 0 Å². The van der Waals surface area contributed by atoms with Crippen LogP contribution in [-0.4, -0.2) is 46.8 Å². The molecule has 0 spiro atoms. The maximum Gasteiger partial charge on any atom is 0.351 e. The Morgan fingerprint density at radius 1 is 0.771 bits per heavy atom. The van der Waals surface area contributed by atoms with Gasteiger partial charge in [0, 0.05) is 22.3 Å². The van der Waals surface area contributed by atoms with Crippen molar-refractivity contribution in [1.82, 2.24) is 0 Å². The fourth-order valence-electron chi connectivity index (χ4n) is 9.36. The smallest absolute Gasteiger partial charge is 0.351 e. The number of hydrogen-bond acceptors (Lipinski definition) is 11. The zero-order valence-corrected chi connectivity index (χ0v) is 29.1. The van der Waals surface area contributed by atoms with Gasteiger partial charge >= 0.3 is 29.5 Å². The molecule has 0 N–H and O–H groups in total. The Morgan fingerprint density at radius 2 is 1.29 bits per heavy atom. The van der Waals surface area contributed by atoms with Crippen molar-refractivity contribution in [3.8, 4) is 5.75 Å². The number of aryl methyl sites for hydroxylation is 1. The average Bonchev–Trinajstić information content (AvgIpc) is 3.49. The number of carbonyl (C=O) groups is 4. The molecule has 11 nitrogen and oxygen atoms in total. The third-order valence-electron chi connectivity index (χ3n) is 14.0. The second-order valence-electron chi connectivity index (χ2n) is 16.0. The highest BCUT2D eigenvalue weighted by Gasteiger charge is 2.78. The van der Waals surface area contributed by atoms with Gasteiger partial charge in [0.05, 0.1) is 16.4 Å². The van der Waals surface area contributed by atoms with Crippen LogP contribution in [0, 0.1) is 28.6 Å². The fourth-order valence-corrected chi connectivity index (χ4v) is 9.36. The predicted octanol–water partition coefficient (Wildman–Crippen LogP) is 5.79. The minimum absolute atomic E-state index is 0.132. The topological polar surface area (TPSA) is 145 Å². The first-order chi connectivity index (χ1) is 22.3. The Balaban J connectivity index is 1.41. The number of rotatable bonds is 6. The van der Waals surface area contributed by atoms with E-state index in [1.54, 1.807) is 32.9 Å². The predicted molar refractivity (Wildman–Crippen MR) is 170 cm³/mol. The van der Waals surface area contributed by atoms with Crippen molar-refractivity contribution in [3.05, 3.63) is 39.7 Å². The van der Waals surface area contributed by atoms with Crippen molar-refractivity contribution in [2.24, 2.45) is 21.7 Å². The van der Waals surface area contributed by atoms with Crippen molar-refractivity contribution in [2.45, 2.75) is 130 Å². The van der Waals surface area contributed by atoms with E-state index in [0.717, 1.165) is 0 Å². The van der Waals surface area contributed by atoms with E-state index in [2.05, 4.69) is 0 Å². The first kappa shape index (κ1) is 32.6. The van der Waals surface area contributed by atoms with Crippen LogP contribution in [0.25, 0.3) is 11.0 Å². The first-order valence-electron chi connectivity index (χ1n) is 17.0. The highest BCUT2D eigenvalue weighted by atomic mass is 16.7. The quantitative estimate of drug-likeness (QED) is 0.210. The van der Waals surface area contributed by atoms with Crippen LogP contribution in [0.5, 0.6) is 5.75 Å². The van der Waals surface area contributed by atoms with E-state index >= 15 is 0 Å². The molecule has 0 radical (unpaired) electrons. The zero-order chi connectivity index (χ0) is 35.0. The van der Waals surface area contributed by atoms with E-state index in [9.17, 15) is 24.0 Å². The second kappa shape index (κ2) is 9.63. The summed E-state index contributed by atoms with van der Waals surface area (Å²) in [5.41, 5.74) is -7.60. The van der Waals surface area contributed by atoms with Gasteiger partial charge in [-0.25, -0.2) is 14.4 Å². The summed E-state index contributed by atoms with van der Waals surface area (Å²) >= 11 is 0. The molecular weight excluding hydrogens is 620 g/mol. The van der Waals surface area contributed by atoms with E-state index in [4.69, 9.17) is 28.1 Å². The normalized spacial score (nSPS) is 36.3. The van der Waals surface area contributed by atoms with E-state index in [1.165, 1.54) is 6.07 Å². The van der Waals surface area contributed by atoms with Crippen molar-refractivity contribution in [2.75, 3.05) is 0 Å². The van der Waals surface area contributed by atoms with Crippen LogP contribution in [0.15, 0.2) is 27.4 Å². The largest absolute Gasteiger partial charge is 0.483 e.